The second kappa shape index (κ2) is 4.31. The molecule has 1 aromatic heterocycles. The van der Waals surface area contributed by atoms with Crippen molar-refractivity contribution >= 4 is 34.8 Å². The summed E-state index contributed by atoms with van der Waals surface area (Å²) in [5, 5.41) is 3.37. The number of nitrogens with one attached hydrogen (secondary N) is 1. The van der Waals surface area contributed by atoms with E-state index < -0.39 is 5.82 Å². The number of imidazole rings is 1. The third-order valence-corrected chi connectivity index (χ3v) is 2.66. The van der Waals surface area contributed by atoms with E-state index in [2.05, 4.69) is 10.3 Å². The maximum atomic E-state index is 12.9. The number of aryl methyl sites for hydroxylation is 1. The monoisotopic (exact) mass is 259 g/mol. The fourth-order valence-corrected chi connectivity index (χ4v) is 1.81. The maximum absolute atomic E-state index is 12.9. The zero-order valence-corrected chi connectivity index (χ0v) is 9.85. The maximum Gasteiger partial charge on any atom is 0.207 e. The highest BCUT2D eigenvalue weighted by Gasteiger charge is 2.10. The Hall–Kier alpha value is -1.26. The molecule has 1 heterocycles. The molecule has 0 radical (unpaired) electrons. The van der Waals surface area contributed by atoms with E-state index in [9.17, 15) is 4.39 Å². The van der Waals surface area contributed by atoms with E-state index in [1.807, 2.05) is 7.05 Å². The Morgan fingerprint density at radius 1 is 1.31 bits per heavy atom. The van der Waals surface area contributed by atoms with Gasteiger partial charge < -0.3 is 9.88 Å². The van der Waals surface area contributed by atoms with Crippen molar-refractivity contribution in [1.29, 1.82) is 0 Å². The summed E-state index contributed by atoms with van der Waals surface area (Å²) in [7, 11) is 1.82. The Kier molecular flexibility index (Phi) is 3.03. The van der Waals surface area contributed by atoms with Crippen LogP contribution in [0.25, 0.3) is 0 Å². The van der Waals surface area contributed by atoms with Gasteiger partial charge in [-0.1, -0.05) is 23.2 Å². The van der Waals surface area contributed by atoms with E-state index in [0.717, 1.165) is 0 Å². The zero-order chi connectivity index (χ0) is 11.7. The van der Waals surface area contributed by atoms with Gasteiger partial charge in [0.05, 0.1) is 15.7 Å². The molecule has 2 rings (SSSR count). The highest BCUT2D eigenvalue weighted by atomic mass is 35.5. The Bertz CT molecular complexity index is 502. The molecule has 6 heteroatoms. The van der Waals surface area contributed by atoms with Gasteiger partial charge in [-0.3, -0.25) is 0 Å². The Labute approximate surface area is 102 Å². The fraction of sp³-hybridized carbons (Fsp3) is 0.100. The highest BCUT2D eigenvalue weighted by molar-refractivity contribution is 6.39. The van der Waals surface area contributed by atoms with Crippen LogP contribution in [-0.2, 0) is 7.05 Å². The van der Waals surface area contributed by atoms with Crippen molar-refractivity contribution in [2.45, 2.75) is 0 Å². The average molecular weight is 260 g/mol. The van der Waals surface area contributed by atoms with Gasteiger partial charge in [-0.2, -0.15) is 0 Å². The number of benzene rings is 1. The number of aromatic nitrogens is 2. The number of rotatable bonds is 2. The molecule has 0 fully saturated rings. The molecule has 0 saturated heterocycles. The molecule has 0 spiro atoms. The Balaban J connectivity index is 2.39. The fourth-order valence-electron chi connectivity index (χ4n) is 1.26. The molecule has 0 bridgehead atoms. The number of hydrogen-bond donors (Lipinski definition) is 1. The third-order valence-electron chi connectivity index (χ3n) is 2.06. The highest BCUT2D eigenvalue weighted by Crippen LogP contribution is 2.33. The molecule has 0 saturated carbocycles. The van der Waals surface area contributed by atoms with Gasteiger partial charge in [-0.15, -0.1) is 0 Å². The molecule has 2 aromatic rings. The molecule has 84 valence electrons. The van der Waals surface area contributed by atoms with Gasteiger partial charge in [0.1, 0.15) is 5.82 Å². The van der Waals surface area contributed by atoms with E-state index >= 15 is 0 Å². The topological polar surface area (TPSA) is 29.9 Å². The summed E-state index contributed by atoms with van der Waals surface area (Å²) in [4.78, 5) is 4.06. The number of nitrogens with zero attached hydrogens (tertiary/aromatic N) is 2. The molecule has 1 N–H and O–H groups in total. The molecule has 0 unspecified atom stereocenters. The van der Waals surface area contributed by atoms with Crippen LogP contribution in [0.15, 0.2) is 24.5 Å². The van der Waals surface area contributed by atoms with Gasteiger partial charge in [0.25, 0.3) is 0 Å². The van der Waals surface area contributed by atoms with Crippen LogP contribution in [0.2, 0.25) is 10.0 Å². The van der Waals surface area contributed by atoms with Crippen molar-refractivity contribution in [1.82, 2.24) is 9.55 Å². The van der Waals surface area contributed by atoms with Crippen LogP contribution < -0.4 is 5.32 Å². The van der Waals surface area contributed by atoms with E-state index in [1.165, 1.54) is 12.1 Å². The van der Waals surface area contributed by atoms with Gasteiger partial charge >= 0.3 is 0 Å². The summed E-state index contributed by atoms with van der Waals surface area (Å²) in [6.45, 7) is 0. The molecule has 3 nitrogen and oxygen atoms in total. The predicted octanol–water partition coefficient (Wildman–Crippen LogP) is 3.61. The first kappa shape index (κ1) is 11.2. The summed E-state index contributed by atoms with van der Waals surface area (Å²) in [5.41, 5.74) is 0.444. The lowest BCUT2D eigenvalue weighted by molar-refractivity contribution is 0.628. The normalized spacial score (nSPS) is 10.5. The van der Waals surface area contributed by atoms with Crippen LogP contribution in [0.5, 0.6) is 0 Å². The molecular formula is C10H8Cl2FN3. The summed E-state index contributed by atoms with van der Waals surface area (Å²) in [6.07, 6.45) is 3.40. The molecule has 0 atom stereocenters. The average Bonchev–Trinajstić information content (AvgIpc) is 2.57. The smallest absolute Gasteiger partial charge is 0.207 e. The van der Waals surface area contributed by atoms with Crippen molar-refractivity contribution in [2.75, 3.05) is 5.32 Å². The van der Waals surface area contributed by atoms with Crippen molar-refractivity contribution < 1.29 is 4.39 Å². The number of halogens is 3. The van der Waals surface area contributed by atoms with Crippen molar-refractivity contribution in [2.24, 2.45) is 7.05 Å². The molecule has 1 aromatic carbocycles. The number of anilines is 2. The van der Waals surface area contributed by atoms with Crippen LogP contribution >= 0.6 is 23.2 Å². The van der Waals surface area contributed by atoms with Crippen LogP contribution in [0.1, 0.15) is 0 Å². The van der Waals surface area contributed by atoms with Gasteiger partial charge in [0, 0.05) is 19.4 Å². The van der Waals surface area contributed by atoms with E-state index in [1.54, 1.807) is 17.0 Å². The van der Waals surface area contributed by atoms with Crippen molar-refractivity contribution in [3.05, 3.63) is 40.4 Å². The van der Waals surface area contributed by atoms with Crippen molar-refractivity contribution in [3.63, 3.8) is 0 Å². The first-order chi connectivity index (χ1) is 7.58. The Morgan fingerprint density at radius 2 is 1.94 bits per heavy atom. The van der Waals surface area contributed by atoms with Crippen LogP contribution in [-0.4, -0.2) is 9.55 Å². The van der Waals surface area contributed by atoms with E-state index in [4.69, 9.17) is 23.2 Å². The van der Waals surface area contributed by atoms with E-state index in [0.29, 0.717) is 11.6 Å². The molecule has 16 heavy (non-hydrogen) atoms. The van der Waals surface area contributed by atoms with Crippen LogP contribution in [0.3, 0.4) is 0 Å². The summed E-state index contributed by atoms with van der Waals surface area (Å²) < 4.78 is 14.7. The second-order valence-electron chi connectivity index (χ2n) is 3.23. The first-order valence-corrected chi connectivity index (χ1v) is 5.22. The van der Waals surface area contributed by atoms with Gasteiger partial charge in [-0.05, 0) is 12.1 Å². The molecule has 0 amide bonds. The zero-order valence-electron chi connectivity index (χ0n) is 8.34. The van der Waals surface area contributed by atoms with Gasteiger partial charge in [0.15, 0.2) is 0 Å². The summed E-state index contributed by atoms with van der Waals surface area (Å²) >= 11 is 11.8. The quantitative estimate of drug-likeness (QED) is 0.893. The molecule has 0 aliphatic rings. The molecular weight excluding hydrogens is 252 g/mol. The lowest BCUT2D eigenvalue weighted by atomic mass is 10.3. The Morgan fingerprint density at radius 3 is 2.44 bits per heavy atom. The second-order valence-corrected chi connectivity index (χ2v) is 4.05. The molecule has 0 aliphatic heterocycles. The first-order valence-electron chi connectivity index (χ1n) is 4.47. The minimum Gasteiger partial charge on any atom is -0.323 e. The number of hydrogen-bond acceptors (Lipinski definition) is 2. The minimum absolute atomic E-state index is 0.216. The predicted molar refractivity (Wildman–Crippen MR) is 62.9 cm³/mol. The van der Waals surface area contributed by atoms with Crippen LogP contribution in [0.4, 0.5) is 16.0 Å². The minimum atomic E-state index is -0.472. The summed E-state index contributed by atoms with van der Waals surface area (Å²) in [5.74, 6) is 0.107. The molecule has 0 aliphatic carbocycles. The lowest BCUT2D eigenvalue weighted by Crippen LogP contribution is -2.00. The van der Waals surface area contributed by atoms with Gasteiger partial charge in [-0.25, -0.2) is 9.37 Å². The summed E-state index contributed by atoms with van der Waals surface area (Å²) in [6, 6.07) is 2.39. The lowest BCUT2D eigenvalue weighted by Gasteiger charge is -2.09. The third kappa shape index (κ3) is 2.13. The SMILES string of the molecule is Cn1ccnc1Nc1c(Cl)cc(F)cc1Cl. The van der Waals surface area contributed by atoms with Gasteiger partial charge in [0.2, 0.25) is 5.95 Å². The largest absolute Gasteiger partial charge is 0.323 e. The van der Waals surface area contributed by atoms with Crippen LogP contribution in [0, 0.1) is 5.82 Å². The van der Waals surface area contributed by atoms with Crippen molar-refractivity contribution in [3.8, 4) is 0 Å². The van der Waals surface area contributed by atoms with E-state index in [-0.39, 0.29) is 10.0 Å². The standard InChI is InChI=1S/C10H8Cl2FN3/c1-16-3-2-14-10(16)15-9-7(11)4-6(13)5-8(9)12/h2-5H,1H3,(H,14,15).